The number of aromatic nitrogens is 2. The van der Waals surface area contributed by atoms with Gasteiger partial charge in [-0.15, -0.1) is 0 Å². The average molecular weight is 232 g/mol. The van der Waals surface area contributed by atoms with Crippen LogP contribution in [0.15, 0.2) is 30.5 Å². The van der Waals surface area contributed by atoms with Crippen molar-refractivity contribution in [2.24, 2.45) is 0 Å². The lowest BCUT2D eigenvalue weighted by Gasteiger charge is -2.21. The summed E-state index contributed by atoms with van der Waals surface area (Å²) in [4.78, 5) is 7.22. The number of ether oxygens (including phenoxy) is 1. The molecule has 1 atom stereocenters. The number of benzene rings is 1. The first-order valence-corrected chi connectivity index (χ1v) is 5.43. The second-order valence-corrected chi connectivity index (χ2v) is 4.22. The van der Waals surface area contributed by atoms with Gasteiger partial charge >= 0.3 is 0 Å². The highest BCUT2D eigenvalue weighted by atomic mass is 16.5. The molecule has 0 saturated heterocycles. The van der Waals surface area contributed by atoms with Crippen LogP contribution in [0.5, 0.6) is 5.75 Å². The number of imidazole rings is 1. The Kier molecular flexibility index (Phi) is 2.90. The summed E-state index contributed by atoms with van der Waals surface area (Å²) in [6.45, 7) is 3.62. The van der Waals surface area contributed by atoms with Crippen LogP contribution in [0.4, 0.5) is 0 Å². The van der Waals surface area contributed by atoms with Gasteiger partial charge in [-0.3, -0.25) is 0 Å². The Morgan fingerprint density at radius 3 is 2.41 bits per heavy atom. The average Bonchev–Trinajstić information content (AvgIpc) is 2.77. The maximum Gasteiger partial charge on any atom is 0.144 e. The molecule has 0 saturated carbocycles. The molecule has 90 valence electrons. The largest absolute Gasteiger partial charge is 0.497 e. The van der Waals surface area contributed by atoms with E-state index < -0.39 is 5.60 Å². The van der Waals surface area contributed by atoms with Crippen molar-refractivity contribution in [3.63, 3.8) is 0 Å². The first-order valence-electron chi connectivity index (χ1n) is 5.43. The first-order chi connectivity index (χ1) is 8.04. The highest BCUT2D eigenvalue weighted by Crippen LogP contribution is 2.28. The molecule has 0 amide bonds. The van der Waals surface area contributed by atoms with E-state index in [4.69, 9.17) is 4.74 Å². The molecule has 1 heterocycles. The quantitative estimate of drug-likeness (QED) is 0.850. The van der Waals surface area contributed by atoms with Gasteiger partial charge in [0, 0.05) is 11.9 Å². The van der Waals surface area contributed by atoms with Gasteiger partial charge in [0.2, 0.25) is 0 Å². The second kappa shape index (κ2) is 4.22. The van der Waals surface area contributed by atoms with Gasteiger partial charge in [-0.2, -0.15) is 0 Å². The molecule has 0 spiro atoms. The van der Waals surface area contributed by atoms with Gasteiger partial charge in [-0.25, -0.2) is 4.98 Å². The predicted octanol–water partition coefficient (Wildman–Crippen LogP) is 1.98. The molecule has 4 nitrogen and oxygen atoms in total. The van der Waals surface area contributed by atoms with Gasteiger partial charge in [0.15, 0.2) is 0 Å². The van der Waals surface area contributed by atoms with E-state index in [1.807, 2.05) is 31.2 Å². The number of aromatic amines is 1. The summed E-state index contributed by atoms with van der Waals surface area (Å²) < 4.78 is 5.09. The van der Waals surface area contributed by atoms with Crippen molar-refractivity contribution in [3.05, 3.63) is 47.5 Å². The predicted molar refractivity (Wildman–Crippen MR) is 65.0 cm³/mol. The van der Waals surface area contributed by atoms with Gasteiger partial charge in [-0.05, 0) is 31.5 Å². The highest BCUT2D eigenvalue weighted by Gasteiger charge is 2.28. The number of H-pyrrole nitrogens is 1. The Labute approximate surface area is 100 Å². The Hall–Kier alpha value is -1.81. The number of aliphatic hydroxyl groups is 1. The van der Waals surface area contributed by atoms with Crippen LogP contribution in [0, 0.1) is 6.92 Å². The van der Waals surface area contributed by atoms with Crippen LogP contribution in [0.3, 0.4) is 0 Å². The summed E-state index contributed by atoms with van der Waals surface area (Å²) in [5.74, 6) is 1.31. The molecule has 0 fully saturated rings. The lowest BCUT2D eigenvalue weighted by atomic mass is 9.95. The van der Waals surface area contributed by atoms with Crippen LogP contribution in [-0.4, -0.2) is 22.2 Å². The number of hydrogen-bond acceptors (Lipinski definition) is 3. The standard InChI is InChI=1S/C13H16N2O2/c1-9-8-14-12(15-9)13(2,16)10-4-6-11(17-3)7-5-10/h4-8,16H,1-3H3,(H,14,15). The summed E-state index contributed by atoms with van der Waals surface area (Å²) >= 11 is 0. The van der Waals surface area contributed by atoms with E-state index in [0.717, 1.165) is 17.0 Å². The summed E-state index contributed by atoms with van der Waals surface area (Å²) in [6, 6.07) is 7.30. The fraction of sp³-hybridized carbons (Fsp3) is 0.308. The Balaban J connectivity index is 2.36. The second-order valence-electron chi connectivity index (χ2n) is 4.22. The molecule has 0 aliphatic heterocycles. The Morgan fingerprint density at radius 2 is 1.94 bits per heavy atom. The van der Waals surface area contributed by atoms with E-state index in [9.17, 15) is 5.11 Å². The third-order valence-electron chi connectivity index (χ3n) is 2.82. The van der Waals surface area contributed by atoms with Crippen LogP contribution < -0.4 is 4.74 Å². The van der Waals surface area contributed by atoms with Crippen LogP contribution in [0.2, 0.25) is 0 Å². The van der Waals surface area contributed by atoms with Crippen molar-refractivity contribution in [1.82, 2.24) is 9.97 Å². The maximum absolute atomic E-state index is 10.5. The number of methoxy groups -OCH3 is 1. The number of hydrogen-bond donors (Lipinski definition) is 2. The Bertz CT molecular complexity index is 500. The van der Waals surface area contributed by atoms with Crippen LogP contribution in [-0.2, 0) is 5.60 Å². The normalized spacial score (nSPS) is 14.4. The number of nitrogens with one attached hydrogen (secondary N) is 1. The molecule has 1 unspecified atom stereocenters. The van der Waals surface area contributed by atoms with Gasteiger partial charge in [-0.1, -0.05) is 12.1 Å². The smallest absolute Gasteiger partial charge is 0.144 e. The van der Waals surface area contributed by atoms with E-state index in [1.165, 1.54) is 0 Å². The third kappa shape index (κ3) is 2.17. The fourth-order valence-electron chi connectivity index (χ4n) is 1.71. The molecule has 0 aliphatic carbocycles. The van der Waals surface area contributed by atoms with Crippen molar-refractivity contribution >= 4 is 0 Å². The summed E-state index contributed by atoms with van der Waals surface area (Å²) in [5.41, 5.74) is 0.571. The van der Waals surface area contributed by atoms with E-state index in [1.54, 1.807) is 20.2 Å². The topological polar surface area (TPSA) is 58.1 Å². The first kappa shape index (κ1) is 11.7. The lowest BCUT2D eigenvalue weighted by molar-refractivity contribution is 0.0930. The summed E-state index contributed by atoms with van der Waals surface area (Å²) in [5, 5.41) is 10.5. The van der Waals surface area contributed by atoms with Gasteiger partial charge in [0.25, 0.3) is 0 Å². The number of nitrogens with zero attached hydrogens (tertiary/aromatic N) is 1. The molecule has 2 aromatic rings. The van der Waals surface area contributed by atoms with Crippen molar-refractivity contribution in [2.75, 3.05) is 7.11 Å². The van der Waals surface area contributed by atoms with E-state index in [0.29, 0.717) is 5.82 Å². The monoisotopic (exact) mass is 232 g/mol. The SMILES string of the molecule is COc1ccc(C(C)(O)c2ncc(C)[nH]2)cc1. The van der Waals surface area contributed by atoms with Crippen molar-refractivity contribution in [1.29, 1.82) is 0 Å². The zero-order valence-corrected chi connectivity index (χ0v) is 10.2. The molecule has 4 heteroatoms. The van der Waals surface area contributed by atoms with Gasteiger partial charge in [0.05, 0.1) is 7.11 Å². The molecular weight excluding hydrogens is 216 g/mol. The fourth-order valence-corrected chi connectivity index (χ4v) is 1.71. The van der Waals surface area contributed by atoms with Crippen LogP contribution in [0.25, 0.3) is 0 Å². The molecule has 0 aliphatic rings. The molecule has 2 rings (SSSR count). The van der Waals surface area contributed by atoms with Crippen molar-refractivity contribution in [3.8, 4) is 5.75 Å². The minimum absolute atomic E-state index is 0.542. The molecule has 17 heavy (non-hydrogen) atoms. The molecule has 2 N–H and O–H groups in total. The molecule has 1 aromatic heterocycles. The molecule has 0 radical (unpaired) electrons. The zero-order chi connectivity index (χ0) is 12.5. The highest BCUT2D eigenvalue weighted by molar-refractivity contribution is 5.34. The van der Waals surface area contributed by atoms with E-state index in [-0.39, 0.29) is 0 Å². The number of rotatable bonds is 3. The zero-order valence-electron chi connectivity index (χ0n) is 10.2. The van der Waals surface area contributed by atoms with Gasteiger partial charge < -0.3 is 14.8 Å². The van der Waals surface area contributed by atoms with Crippen LogP contribution in [0.1, 0.15) is 24.0 Å². The van der Waals surface area contributed by atoms with E-state index in [2.05, 4.69) is 9.97 Å². The molecular formula is C13H16N2O2. The minimum atomic E-state index is -1.12. The van der Waals surface area contributed by atoms with Gasteiger partial charge in [0.1, 0.15) is 17.2 Å². The lowest BCUT2D eigenvalue weighted by Crippen LogP contribution is -2.24. The molecule has 0 bridgehead atoms. The van der Waals surface area contributed by atoms with Crippen LogP contribution >= 0.6 is 0 Å². The van der Waals surface area contributed by atoms with Crippen molar-refractivity contribution < 1.29 is 9.84 Å². The number of aryl methyl sites for hydroxylation is 1. The third-order valence-corrected chi connectivity index (χ3v) is 2.82. The maximum atomic E-state index is 10.5. The van der Waals surface area contributed by atoms with E-state index >= 15 is 0 Å². The summed E-state index contributed by atoms with van der Waals surface area (Å²) in [7, 11) is 1.61. The minimum Gasteiger partial charge on any atom is -0.497 e. The molecule has 1 aromatic carbocycles. The van der Waals surface area contributed by atoms with Crippen molar-refractivity contribution in [2.45, 2.75) is 19.4 Å². The summed E-state index contributed by atoms with van der Waals surface area (Å²) in [6.07, 6.45) is 1.70. The Morgan fingerprint density at radius 1 is 1.29 bits per heavy atom.